The van der Waals surface area contributed by atoms with E-state index in [2.05, 4.69) is 33.1 Å². The van der Waals surface area contributed by atoms with E-state index in [4.69, 9.17) is 21.1 Å². The highest BCUT2D eigenvalue weighted by molar-refractivity contribution is 14.1. The third-order valence-corrected chi connectivity index (χ3v) is 8.43. The minimum atomic E-state index is -4.00. The Bertz CT molecular complexity index is 1620. The summed E-state index contributed by atoms with van der Waals surface area (Å²) < 4.78 is 40.5. The normalized spacial score (nSPS) is 11.3. The summed E-state index contributed by atoms with van der Waals surface area (Å²) in [5.74, 6) is 0.460. The Kier molecular flexibility index (Phi) is 10.6. The second-order valence-corrected chi connectivity index (χ2v) is 12.2. The van der Waals surface area contributed by atoms with Crippen molar-refractivity contribution in [3.63, 3.8) is 0 Å². The first kappa shape index (κ1) is 30.4. The standard InChI is InChI=1S/C30H27ClIN3O5S/c1-2-39-29-18-22(11-16-28(29)40-21-23-7-6-8-24(31)17-23)19-33-34-30(36)20-35(26-14-12-25(32)13-15-26)41(37,38)27-9-4-3-5-10-27/h3-19H,2,20-21H2,1H3,(H,34,36)/b33-19-. The summed E-state index contributed by atoms with van der Waals surface area (Å²) in [5, 5.41) is 4.66. The van der Waals surface area contributed by atoms with Crippen LogP contribution in [0.4, 0.5) is 5.69 Å². The number of hydrogen-bond donors (Lipinski definition) is 1. The maximum atomic E-state index is 13.4. The SMILES string of the molecule is CCOc1cc(/C=N\NC(=O)CN(c2ccc(I)cc2)S(=O)(=O)c2ccccc2)ccc1OCc1cccc(Cl)c1. The van der Waals surface area contributed by atoms with Gasteiger partial charge in [-0.1, -0.05) is 41.9 Å². The number of sulfonamides is 1. The highest BCUT2D eigenvalue weighted by Gasteiger charge is 2.27. The number of nitrogens with one attached hydrogen (secondary N) is 1. The van der Waals surface area contributed by atoms with Gasteiger partial charge in [-0.3, -0.25) is 9.10 Å². The molecule has 0 aromatic heterocycles. The number of halogens is 2. The predicted molar refractivity (Wildman–Crippen MR) is 169 cm³/mol. The maximum Gasteiger partial charge on any atom is 0.264 e. The largest absolute Gasteiger partial charge is 0.490 e. The number of carbonyl (C=O) groups excluding carboxylic acids is 1. The molecule has 0 bridgehead atoms. The molecular formula is C30H27ClIN3O5S. The molecule has 1 amide bonds. The smallest absolute Gasteiger partial charge is 0.264 e. The molecule has 0 aliphatic rings. The molecule has 4 aromatic carbocycles. The molecule has 0 atom stereocenters. The van der Waals surface area contributed by atoms with E-state index >= 15 is 0 Å². The summed E-state index contributed by atoms with van der Waals surface area (Å²) in [5.41, 5.74) is 4.35. The molecule has 11 heteroatoms. The lowest BCUT2D eigenvalue weighted by Gasteiger charge is -2.23. The quantitative estimate of drug-likeness (QED) is 0.107. The molecule has 4 rings (SSSR count). The molecule has 4 aromatic rings. The molecule has 8 nitrogen and oxygen atoms in total. The van der Waals surface area contributed by atoms with Crippen LogP contribution < -0.4 is 19.2 Å². The maximum absolute atomic E-state index is 13.4. The molecule has 212 valence electrons. The fourth-order valence-corrected chi connectivity index (χ4v) is 5.78. The predicted octanol–water partition coefficient (Wildman–Crippen LogP) is 6.27. The van der Waals surface area contributed by atoms with E-state index in [-0.39, 0.29) is 4.90 Å². The van der Waals surface area contributed by atoms with Crippen LogP contribution in [0.1, 0.15) is 18.1 Å². The third-order valence-electron chi connectivity index (χ3n) is 5.69. The molecule has 0 unspecified atom stereocenters. The lowest BCUT2D eigenvalue weighted by Crippen LogP contribution is -2.39. The molecule has 0 aliphatic heterocycles. The van der Waals surface area contributed by atoms with Crippen LogP contribution in [0.2, 0.25) is 5.02 Å². The molecule has 0 spiro atoms. The van der Waals surface area contributed by atoms with Gasteiger partial charge in [0.25, 0.3) is 15.9 Å². The average molecular weight is 704 g/mol. The zero-order chi connectivity index (χ0) is 29.2. The summed E-state index contributed by atoms with van der Waals surface area (Å²) >= 11 is 8.19. The number of anilines is 1. The van der Waals surface area contributed by atoms with Gasteiger partial charge < -0.3 is 9.47 Å². The number of carbonyl (C=O) groups is 1. The fourth-order valence-electron chi connectivity index (χ4n) is 3.77. The van der Waals surface area contributed by atoms with Gasteiger partial charge in [-0.2, -0.15) is 5.10 Å². The number of benzene rings is 4. The Morgan fingerprint density at radius 2 is 1.71 bits per heavy atom. The molecule has 0 heterocycles. The van der Waals surface area contributed by atoms with Gasteiger partial charge in [0.05, 0.1) is 23.4 Å². The molecule has 0 saturated heterocycles. The van der Waals surface area contributed by atoms with E-state index < -0.39 is 22.5 Å². The zero-order valence-electron chi connectivity index (χ0n) is 22.0. The van der Waals surface area contributed by atoms with Gasteiger partial charge in [0.2, 0.25) is 0 Å². The Hall–Kier alpha value is -3.61. The van der Waals surface area contributed by atoms with Gasteiger partial charge in [-0.15, -0.1) is 0 Å². The van der Waals surface area contributed by atoms with Crippen LogP contribution in [0.15, 0.2) is 107 Å². The minimum absolute atomic E-state index is 0.0796. The first-order valence-electron chi connectivity index (χ1n) is 12.6. The molecular weight excluding hydrogens is 677 g/mol. The van der Waals surface area contributed by atoms with Gasteiger partial charge in [0, 0.05) is 8.59 Å². The number of nitrogens with zero attached hydrogens (tertiary/aromatic N) is 2. The minimum Gasteiger partial charge on any atom is -0.490 e. The van der Waals surface area contributed by atoms with Crippen molar-refractivity contribution in [2.45, 2.75) is 18.4 Å². The lowest BCUT2D eigenvalue weighted by atomic mass is 10.2. The van der Waals surface area contributed by atoms with Crippen LogP contribution in [0.5, 0.6) is 11.5 Å². The summed E-state index contributed by atoms with van der Waals surface area (Å²) in [6.07, 6.45) is 1.45. The number of amides is 1. The molecule has 0 aliphatic carbocycles. The van der Waals surface area contributed by atoms with E-state index in [1.165, 1.54) is 18.3 Å². The van der Waals surface area contributed by atoms with Crippen LogP contribution in [-0.4, -0.2) is 33.7 Å². The van der Waals surface area contributed by atoms with Crippen molar-refractivity contribution in [3.05, 3.63) is 117 Å². The van der Waals surface area contributed by atoms with Gasteiger partial charge in [-0.25, -0.2) is 13.8 Å². The van der Waals surface area contributed by atoms with Crippen molar-refractivity contribution >= 4 is 62.0 Å². The van der Waals surface area contributed by atoms with Gasteiger partial charge in [0.15, 0.2) is 11.5 Å². The van der Waals surface area contributed by atoms with Gasteiger partial charge >= 0.3 is 0 Å². The first-order valence-corrected chi connectivity index (χ1v) is 15.5. The van der Waals surface area contributed by atoms with Crippen LogP contribution in [-0.2, 0) is 21.4 Å². The van der Waals surface area contributed by atoms with Crippen molar-refractivity contribution in [3.8, 4) is 11.5 Å². The van der Waals surface area contributed by atoms with Crippen molar-refractivity contribution in [1.82, 2.24) is 5.43 Å². The van der Waals surface area contributed by atoms with E-state index in [0.717, 1.165) is 13.4 Å². The highest BCUT2D eigenvalue weighted by Crippen LogP contribution is 2.29. The average Bonchev–Trinajstić information content (AvgIpc) is 2.97. The number of rotatable bonds is 12. The topological polar surface area (TPSA) is 97.3 Å². The number of hydrazone groups is 1. The van der Waals surface area contributed by atoms with Crippen molar-refractivity contribution in [2.24, 2.45) is 5.10 Å². The Morgan fingerprint density at radius 1 is 0.951 bits per heavy atom. The third kappa shape index (κ3) is 8.44. The molecule has 1 N–H and O–H groups in total. The fraction of sp³-hybridized carbons (Fsp3) is 0.133. The van der Waals surface area contributed by atoms with Crippen LogP contribution >= 0.6 is 34.2 Å². The van der Waals surface area contributed by atoms with E-state index in [1.807, 2.05) is 25.1 Å². The van der Waals surface area contributed by atoms with E-state index in [1.54, 1.807) is 66.7 Å². The van der Waals surface area contributed by atoms with E-state index in [0.29, 0.717) is 41.0 Å². The summed E-state index contributed by atoms with van der Waals surface area (Å²) in [6.45, 7) is 2.14. The van der Waals surface area contributed by atoms with Gasteiger partial charge in [0.1, 0.15) is 13.2 Å². The van der Waals surface area contributed by atoms with Crippen molar-refractivity contribution in [2.75, 3.05) is 17.5 Å². The summed E-state index contributed by atoms with van der Waals surface area (Å²) in [6, 6.07) is 27.5. The summed E-state index contributed by atoms with van der Waals surface area (Å²) in [4.78, 5) is 12.9. The Balaban J connectivity index is 1.46. The number of hydrogen-bond acceptors (Lipinski definition) is 6. The lowest BCUT2D eigenvalue weighted by molar-refractivity contribution is -0.119. The van der Waals surface area contributed by atoms with Crippen molar-refractivity contribution in [1.29, 1.82) is 0 Å². The monoisotopic (exact) mass is 703 g/mol. The summed E-state index contributed by atoms with van der Waals surface area (Å²) in [7, 11) is -4.00. The molecule has 0 fully saturated rings. The zero-order valence-corrected chi connectivity index (χ0v) is 25.8. The second kappa shape index (κ2) is 14.3. The van der Waals surface area contributed by atoms with Crippen LogP contribution in [0, 0.1) is 3.57 Å². The first-order chi connectivity index (χ1) is 19.8. The van der Waals surface area contributed by atoms with Crippen LogP contribution in [0.3, 0.4) is 0 Å². The molecule has 41 heavy (non-hydrogen) atoms. The molecule has 0 saturated carbocycles. The molecule has 0 radical (unpaired) electrons. The van der Waals surface area contributed by atoms with Gasteiger partial charge in [-0.05, 0) is 107 Å². The second-order valence-electron chi connectivity index (χ2n) is 8.65. The highest BCUT2D eigenvalue weighted by atomic mass is 127. The van der Waals surface area contributed by atoms with Crippen molar-refractivity contribution < 1.29 is 22.7 Å². The Morgan fingerprint density at radius 3 is 2.41 bits per heavy atom. The number of ether oxygens (including phenoxy) is 2. The van der Waals surface area contributed by atoms with Crippen LogP contribution in [0.25, 0.3) is 0 Å². The Labute approximate surface area is 258 Å². The van der Waals surface area contributed by atoms with E-state index in [9.17, 15) is 13.2 Å².